The van der Waals surface area contributed by atoms with E-state index in [9.17, 15) is 14.4 Å². The van der Waals surface area contributed by atoms with Crippen molar-refractivity contribution in [2.45, 2.75) is 33.8 Å². The number of hydrogen-bond donors (Lipinski definition) is 3. The standard InChI is InChI=1S/C16H22BrN3O4/c1-10(24-12-7-5-6-11(17)8-12)14(22)20-19-13(21)9-18-15(23)16(2,3)4/h5-8,10H,9H2,1-4H3,(H,18,23)(H,19,21)(H,20,22)/t10-/m0/s1. The van der Waals surface area contributed by atoms with Crippen molar-refractivity contribution in [3.8, 4) is 5.75 Å². The minimum Gasteiger partial charge on any atom is -0.481 e. The second-order valence-electron chi connectivity index (χ2n) is 6.19. The fourth-order valence-electron chi connectivity index (χ4n) is 1.50. The smallest absolute Gasteiger partial charge is 0.279 e. The highest BCUT2D eigenvalue weighted by molar-refractivity contribution is 9.10. The summed E-state index contributed by atoms with van der Waals surface area (Å²) in [5.74, 6) is -0.771. The van der Waals surface area contributed by atoms with Gasteiger partial charge in [0, 0.05) is 9.89 Å². The molecule has 3 amide bonds. The largest absolute Gasteiger partial charge is 0.481 e. The van der Waals surface area contributed by atoms with Crippen molar-refractivity contribution in [1.82, 2.24) is 16.2 Å². The Hall–Kier alpha value is -2.09. The Kier molecular flexibility index (Phi) is 7.21. The summed E-state index contributed by atoms with van der Waals surface area (Å²) in [6.45, 7) is 6.55. The third kappa shape index (κ3) is 6.99. The molecule has 0 aromatic heterocycles. The van der Waals surface area contributed by atoms with Crippen LogP contribution in [0, 0.1) is 5.41 Å². The number of hydrogen-bond acceptors (Lipinski definition) is 4. The van der Waals surface area contributed by atoms with Crippen LogP contribution < -0.4 is 20.9 Å². The molecule has 0 unspecified atom stereocenters. The lowest BCUT2D eigenvalue weighted by Gasteiger charge is -2.18. The number of amides is 3. The number of nitrogens with one attached hydrogen (secondary N) is 3. The van der Waals surface area contributed by atoms with Crippen LogP contribution in [0.1, 0.15) is 27.7 Å². The number of carbonyl (C=O) groups excluding carboxylic acids is 3. The summed E-state index contributed by atoms with van der Waals surface area (Å²) in [6.07, 6.45) is -0.802. The summed E-state index contributed by atoms with van der Waals surface area (Å²) in [4.78, 5) is 35.1. The van der Waals surface area contributed by atoms with E-state index in [2.05, 4.69) is 32.1 Å². The minimum absolute atomic E-state index is 0.225. The third-order valence-corrected chi connectivity index (χ3v) is 3.39. The van der Waals surface area contributed by atoms with Crippen molar-refractivity contribution in [2.24, 2.45) is 5.41 Å². The molecule has 0 heterocycles. The average Bonchev–Trinajstić information content (AvgIpc) is 2.49. The van der Waals surface area contributed by atoms with Crippen molar-refractivity contribution in [3.63, 3.8) is 0 Å². The molecule has 0 saturated carbocycles. The molecule has 0 spiro atoms. The van der Waals surface area contributed by atoms with E-state index in [1.165, 1.54) is 0 Å². The zero-order valence-electron chi connectivity index (χ0n) is 14.1. The summed E-state index contributed by atoms with van der Waals surface area (Å²) < 4.78 is 6.30. The highest BCUT2D eigenvalue weighted by atomic mass is 79.9. The second kappa shape index (κ2) is 8.68. The fourth-order valence-corrected chi connectivity index (χ4v) is 1.88. The quantitative estimate of drug-likeness (QED) is 0.654. The van der Waals surface area contributed by atoms with Gasteiger partial charge in [-0.05, 0) is 25.1 Å². The van der Waals surface area contributed by atoms with Crippen LogP contribution in [0.2, 0.25) is 0 Å². The molecule has 132 valence electrons. The second-order valence-corrected chi connectivity index (χ2v) is 7.10. The number of hydrazine groups is 1. The number of halogens is 1. The van der Waals surface area contributed by atoms with E-state index in [1.807, 2.05) is 6.07 Å². The van der Waals surface area contributed by atoms with Gasteiger partial charge in [-0.15, -0.1) is 0 Å². The normalized spacial score (nSPS) is 12.0. The Balaban J connectivity index is 2.37. The molecule has 0 bridgehead atoms. The number of benzene rings is 1. The first-order chi connectivity index (χ1) is 11.1. The lowest BCUT2D eigenvalue weighted by atomic mass is 9.96. The van der Waals surface area contributed by atoms with Crippen molar-refractivity contribution in [3.05, 3.63) is 28.7 Å². The third-order valence-electron chi connectivity index (χ3n) is 2.89. The fraction of sp³-hybridized carbons (Fsp3) is 0.438. The van der Waals surface area contributed by atoms with Crippen LogP contribution in [0.15, 0.2) is 28.7 Å². The van der Waals surface area contributed by atoms with Gasteiger partial charge in [-0.2, -0.15) is 0 Å². The SMILES string of the molecule is C[C@H](Oc1cccc(Br)c1)C(=O)NNC(=O)CNC(=O)C(C)(C)C. The zero-order valence-corrected chi connectivity index (χ0v) is 15.7. The zero-order chi connectivity index (χ0) is 18.3. The predicted molar refractivity (Wildman–Crippen MR) is 93.0 cm³/mol. The van der Waals surface area contributed by atoms with Crippen LogP contribution in [-0.4, -0.2) is 30.4 Å². The van der Waals surface area contributed by atoms with Crippen molar-refractivity contribution in [2.75, 3.05) is 6.54 Å². The Morgan fingerprint density at radius 2 is 1.88 bits per heavy atom. The van der Waals surface area contributed by atoms with Crippen LogP contribution >= 0.6 is 15.9 Å². The molecule has 0 aliphatic heterocycles. The van der Waals surface area contributed by atoms with Crippen molar-refractivity contribution in [1.29, 1.82) is 0 Å². The summed E-state index contributed by atoms with van der Waals surface area (Å²) >= 11 is 3.31. The van der Waals surface area contributed by atoms with E-state index in [4.69, 9.17) is 4.74 Å². The molecule has 1 rings (SSSR count). The minimum atomic E-state index is -0.802. The molecule has 1 aromatic rings. The van der Waals surface area contributed by atoms with Gasteiger partial charge in [-0.25, -0.2) is 0 Å². The molecular weight excluding hydrogens is 378 g/mol. The maximum absolute atomic E-state index is 11.9. The van der Waals surface area contributed by atoms with E-state index >= 15 is 0 Å². The molecule has 8 heteroatoms. The van der Waals surface area contributed by atoms with Crippen LogP contribution in [0.3, 0.4) is 0 Å². The van der Waals surface area contributed by atoms with Crippen LogP contribution in [0.25, 0.3) is 0 Å². The first-order valence-electron chi connectivity index (χ1n) is 7.39. The molecule has 0 saturated heterocycles. The molecule has 0 aliphatic carbocycles. The number of rotatable bonds is 5. The molecule has 24 heavy (non-hydrogen) atoms. The van der Waals surface area contributed by atoms with Gasteiger partial charge in [0.05, 0.1) is 6.54 Å². The van der Waals surface area contributed by atoms with Gasteiger partial charge in [0.2, 0.25) is 5.91 Å². The first kappa shape index (κ1) is 20.0. The molecular formula is C16H22BrN3O4. The summed E-state index contributed by atoms with van der Waals surface area (Å²) in [5.41, 5.74) is 3.89. The van der Waals surface area contributed by atoms with E-state index < -0.39 is 23.3 Å². The van der Waals surface area contributed by atoms with Gasteiger partial charge >= 0.3 is 0 Å². The van der Waals surface area contributed by atoms with Gasteiger partial charge < -0.3 is 10.1 Å². The average molecular weight is 400 g/mol. The van der Waals surface area contributed by atoms with Crippen LogP contribution in [0.5, 0.6) is 5.75 Å². The van der Waals surface area contributed by atoms with Crippen LogP contribution in [0.4, 0.5) is 0 Å². The monoisotopic (exact) mass is 399 g/mol. The highest BCUT2D eigenvalue weighted by Crippen LogP contribution is 2.18. The molecule has 0 fully saturated rings. The van der Waals surface area contributed by atoms with Crippen molar-refractivity contribution >= 4 is 33.7 Å². The van der Waals surface area contributed by atoms with E-state index in [0.29, 0.717) is 5.75 Å². The lowest BCUT2D eigenvalue weighted by Crippen LogP contribution is -2.50. The Morgan fingerprint density at radius 3 is 2.46 bits per heavy atom. The van der Waals surface area contributed by atoms with E-state index in [0.717, 1.165) is 4.47 Å². The molecule has 0 aliphatic rings. The Bertz CT molecular complexity index is 614. The van der Waals surface area contributed by atoms with Gasteiger partial charge in [0.25, 0.3) is 11.8 Å². The maximum Gasteiger partial charge on any atom is 0.279 e. The van der Waals surface area contributed by atoms with Crippen molar-refractivity contribution < 1.29 is 19.1 Å². The van der Waals surface area contributed by atoms with Gasteiger partial charge in [0.1, 0.15) is 5.75 Å². The summed E-state index contributed by atoms with van der Waals surface area (Å²) in [7, 11) is 0. The lowest BCUT2D eigenvalue weighted by molar-refractivity contribution is -0.134. The number of carbonyl (C=O) groups is 3. The highest BCUT2D eigenvalue weighted by Gasteiger charge is 2.21. The molecule has 1 atom stereocenters. The summed E-state index contributed by atoms with van der Waals surface area (Å²) in [5, 5.41) is 2.48. The van der Waals surface area contributed by atoms with E-state index in [1.54, 1.807) is 45.9 Å². The maximum atomic E-state index is 11.9. The molecule has 0 radical (unpaired) electrons. The Morgan fingerprint density at radius 1 is 1.21 bits per heavy atom. The topological polar surface area (TPSA) is 96.5 Å². The summed E-state index contributed by atoms with van der Waals surface area (Å²) in [6, 6.07) is 7.06. The first-order valence-corrected chi connectivity index (χ1v) is 8.18. The Labute approximate surface area is 149 Å². The van der Waals surface area contributed by atoms with E-state index in [-0.39, 0.29) is 12.5 Å². The van der Waals surface area contributed by atoms with Gasteiger partial charge in [0.15, 0.2) is 6.10 Å². The molecule has 3 N–H and O–H groups in total. The predicted octanol–water partition coefficient (Wildman–Crippen LogP) is 1.53. The molecule has 7 nitrogen and oxygen atoms in total. The van der Waals surface area contributed by atoms with Crippen LogP contribution in [-0.2, 0) is 14.4 Å². The van der Waals surface area contributed by atoms with Gasteiger partial charge in [-0.3, -0.25) is 25.2 Å². The van der Waals surface area contributed by atoms with Gasteiger partial charge in [-0.1, -0.05) is 42.8 Å². The molecule has 1 aromatic carbocycles. The number of ether oxygens (including phenoxy) is 1.